The number of hydrogen-bond acceptors (Lipinski definition) is 6. The first-order valence-corrected chi connectivity index (χ1v) is 8.77. The van der Waals surface area contributed by atoms with Crippen LogP contribution in [0.15, 0.2) is 42.5 Å². The number of fused-ring (bicyclic) bond motifs is 1. The number of nitro groups is 1. The van der Waals surface area contributed by atoms with Crippen molar-refractivity contribution in [1.29, 1.82) is 0 Å². The number of ether oxygens (including phenoxy) is 2. The van der Waals surface area contributed by atoms with Gasteiger partial charge in [0, 0.05) is 30.8 Å². The average Bonchev–Trinajstić information content (AvgIpc) is 3.07. The smallest absolute Gasteiger partial charge is 0.282 e. The van der Waals surface area contributed by atoms with Crippen molar-refractivity contribution < 1.29 is 24.0 Å². The molecule has 0 radical (unpaired) electrons. The largest absolute Gasteiger partial charge is 0.486 e. The summed E-state index contributed by atoms with van der Waals surface area (Å²) in [5.41, 5.74) is 0.349. The molecule has 1 N–H and O–H groups in total. The Bertz CT molecular complexity index is 960. The Morgan fingerprint density at radius 2 is 1.89 bits per heavy atom. The van der Waals surface area contributed by atoms with E-state index in [1.807, 2.05) is 0 Å². The molecule has 2 amide bonds. The van der Waals surface area contributed by atoms with Crippen molar-refractivity contribution in [2.24, 2.45) is 0 Å². The van der Waals surface area contributed by atoms with E-state index in [4.69, 9.17) is 9.47 Å². The quantitative estimate of drug-likeness (QED) is 0.638. The van der Waals surface area contributed by atoms with Crippen molar-refractivity contribution in [2.45, 2.75) is 12.5 Å². The lowest BCUT2D eigenvalue weighted by Gasteiger charge is -2.22. The van der Waals surface area contributed by atoms with Gasteiger partial charge in [-0.3, -0.25) is 19.7 Å². The van der Waals surface area contributed by atoms with E-state index in [9.17, 15) is 19.7 Å². The second-order valence-corrected chi connectivity index (χ2v) is 6.48. The number of nitro benzene ring substituents is 1. The highest BCUT2D eigenvalue weighted by Gasteiger charge is 2.33. The first-order chi connectivity index (χ1) is 13.5. The van der Waals surface area contributed by atoms with Gasteiger partial charge in [-0.25, -0.2) is 0 Å². The Morgan fingerprint density at radius 1 is 1.14 bits per heavy atom. The number of amides is 2. The van der Waals surface area contributed by atoms with E-state index in [2.05, 4.69) is 5.32 Å². The number of nitrogens with zero attached hydrogens (tertiary/aromatic N) is 2. The molecule has 0 aliphatic carbocycles. The summed E-state index contributed by atoms with van der Waals surface area (Å²) in [4.78, 5) is 37.0. The summed E-state index contributed by atoms with van der Waals surface area (Å²) < 4.78 is 11.0. The maximum absolute atomic E-state index is 12.5. The van der Waals surface area contributed by atoms with E-state index in [0.29, 0.717) is 30.4 Å². The average molecular weight is 383 g/mol. The highest BCUT2D eigenvalue weighted by Crippen LogP contribution is 2.35. The van der Waals surface area contributed by atoms with Crippen molar-refractivity contribution in [1.82, 2.24) is 5.32 Å². The van der Waals surface area contributed by atoms with Crippen molar-refractivity contribution in [3.8, 4) is 11.5 Å². The minimum absolute atomic E-state index is 0.0299. The van der Waals surface area contributed by atoms with Gasteiger partial charge in [-0.2, -0.15) is 0 Å². The summed E-state index contributed by atoms with van der Waals surface area (Å²) >= 11 is 0. The van der Waals surface area contributed by atoms with Gasteiger partial charge in [-0.05, 0) is 18.2 Å². The fraction of sp³-hybridized carbons (Fsp3) is 0.263. The molecule has 2 aliphatic heterocycles. The van der Waals surface area contributed by atoms with Crippen LogP contribution in [0.3, 0.4) is 0 Å². The Kier molecular flexibility index (Phi) is 4.56. The van der Waals surface area contributed by atoms with Gasteiger partial charge in [0.05, 0.1) is 11.0 Å². The molecule has 2 aromatic rings. The maximum atomic E-state index is 12.5. The third-order valence-electron chi connectivity index (χ3n) is 4.64. The van der Waals surface area contributed by atoms with Gasteiger partial charge in [0.2, 0.25) is 5.91 Å². The van der Waals surface area contributed by atoms with Crippen molar-refractivity contribution in [3.05, 3.63) is 58.1 Å². The third kappa shape index (κ3) is 3.34. The molecule has 0 bridgehead atoms. The number of hydrogen-bond donors (Lipinski definition) is 1. The molecule has 9 heteroatoms. The lowest BCUT2D eigenvalue weighted by Crippen LogP contribution is -2.37. The maximum Gasteiger partial charge on any atom is 0.282 e. The van der Waals surface area contributed by atoms with Crippen LogP contribution in [0.25, 0.3) is 0 Å². The van der Waals surface area contributed by atoms with Gasteiger partial charge in [0.15, 0.2) is 11.5 Å². The Morgan fingerprint density at radius 3 is 2.68 bits per heavy atom. The number of nitrogens with one attached hydrogen (secondary N) is 1. The van der Waals surface area contributed by atoms with Crippen LogP contribution in [0, 0.1) is 10.1 Å². The summed E-state index contributed by atoms with van der Waals surface area (Å²) in [6, 6.07) is 10.5. The van der Waals surface area contributed by atoms with Crippen molar-refractivity contribution >= 4 is 23.2 Å². The molecule has 1 saturated heterocycles. The molecule has 1 fully saturated rings. The van der Waals surface area contributed by atoms with Gasteiger partial charge in [0.1, 0.15) is 18.8 Å². The van der Waals surface area contributed by atoms with Gasteiger partial charge in [-0.1, -0.05) is 12.1 Å². The highest BCUT2D eigenvalue weighted by atomic mass is 16.6. The van der Waals surface area contributed by atoms with E-state index >= 15 is 0 Å². The highest BCUT2D eigenvalue weighted by molar-refractivity contribution is 6.00. The van der Waals surface area contributed by atoms with Crippen LogP contribution in [-0.2, 0) is 4.79 Å². The molecule has 2 heterocycles. The van der Waals surface area contributed by atoms with E-state index in [-0.39, 0.29) is 30.1 Å². The predicted octanol–water partition coefficient (Wildman–Crippen LogP) is 1.90. The number of carbonyl (C=O) groups is 2. The molecule has 2 aliphatic rings. The molecule has 144 valence electrons. The summed E-state index contributed by atoms with van der Waals surface area (Å²) in [6.07, 6.45) is 0.112. The topological polar surface area (TPSA) is 111 Å². The van der Waals surface area contributed by atoms with Crippen LogP contribution in [0.2, 0.25) is 0 Å². The van der Waals surface area contributed by atoms with Crippen LogP contribution in [0.1, 0.15) is 16.8 Å². The molecule has 28 heavy (non-hydrogen) atoms. The van der Waals surface area contributed by atoms with Gasteiger partial charge in [-0.15, -0.1) is 0 Å². The molecule has 1 atom stereocenters. The molecular formula is C19H17N3O6. The summed E-state index contributed by atoms with van der Waals surface area (Å²) in [7, 11) is 0. The summed E-state index contributed by atoms with van der Waals surface area (Å²) in [5.74, 6) is 0.477. The van der Waals surface area contributed by atoms with E-state index in [1.54, 1.807) is 29.2 Å². The van der Waals surface area contributed by atoms with Crippen molar-refractivity contribution in [3.63, 3.8) is 0 Å². The number of para-hydroxylation sites is 1. The first-order valence-electron chi connectivity index (χ1n) is 8.77. The summed E-state index contributed by atoms with van der Waals surface area (Å²) in [5, 5.41) is 13.8. The molecule has 4 rings (SSSR count). The zero-order valence-electron chi connectivity index (χ0n) is 14.8. The molecule has 9 nitrogen and oxygen atoms in total. The fourth-order valence-corrected chi connectivity index (χ4v) is 3.34. The first kappa shape index (κ1) is 17.8. The minimum atomic E-state index is -0.601. The minimum Gasteiger partial charge on any atom is -0.486 e. The van der Waals surface area contributed by atoms with Crippen LogP contribution in [-0.4, -0.2) is 42.5 Å². The fourth-order valence-electron chi connectivity index (χ4n) is 3.34. The zero-order valence-corrected chi connectivity index (χ0v) is 14.8. The SMILES string of the molecule is O=C(N[C@H]1CC(=O)N(c2ccc3c(c2)OCCO3)C1)c1ccccc1[N+](=O)[O-]. The van der Waals surface area contributed by atoms with Crippen LogP contribution >= 0.6 is 0 Å². The van der Waals surface area contributed by atoms with E-state index < -0.39 is 16.9 Å². The lowest BCUT2D eigenvalue weighted by atomic mass is 10.1. The molecule has 0 spiro atoms. The molecule has 0 saturated carbocycles. The Labute approximate surface area is 160 Å². The third-order valence-corrected chi connectivity index (χ3v) is 4.64. The zero-order chi connectivity index (χ0) is 19.7. The Balaban J connectivity index is 1.48. The molecule has 0 aromatic heterocycles. The second kappa shape index (κ2) is 7.18. The molecule has 2 aromatic carbocycles. The van der Waals surface area contributed by atoms with Gasteiger partial charge < -0.3 is 19.7 Å². The lowest BCUT2D eigenvalue weighted by molar-refractivity contribution is -0.385. The number of benzene rings is 2. The number of anilines is 1. The Hall–Kier alpha value is -3.62. The normalized spacial score (nSPS) is 18.1. The van der Waals surface area contributed by atoms with Gasteiger partial charge in [0.25, 0.3) is 11.6 Å². The summed E-state index contributed by atoms with van der Waals surface area (Å²) in [6.45, 7) is 1.19. The van der Waals surface area contributed by atoms with Crippen LogP contribution in [0.5, 0.6) is 11.5 Å². The molecule has 0 unspecified atom stereocenters. The molecular weight excluding hydrogens is 366 g/mol. The van der Waals surface area contributed by atoms with E-state index in [0.717, 1.165) is 0 Å². The monoisotopic (exact) mass is 383 g/mol. The van der Waals surface area contributed by atoms with Crippen LogP contribution in [0.4, 0.5) is 11.4 Å². The predicted molar refractivity (Wildman–Crippen MR) is 98.8 cm³/mol. The van der Waals surface area contributed by atoms with Crippen LogP contribution < -0.4 is 19.7 Å². The number of carbonyl (C=O) groups excluding carboxylic acids is 2. The number of rotatable bonds is 4. The van der Waals surface area contributed by atoms with Crippen molar-refractivity contribution in [2.75, 3.05) is 24.7 Å². The standard InChI is InChI=1S/C19H17N3O6/c23-18-9-12(20-19(24)14-3-1-2-4-15(14)22(25)26)11-21(18)13-5-6-16-17(10-13)28-8-7-27-16/h1-6,10,12H,7-9,11H2,(H,20,24)/t12-/m0/s1. The van der Waals surface area contributed by atoms with Gasteiger partial charge >= 0.3 is 0 Å². The van der Waals surface area contributed by atoms with E-state index in [1.165, 1.54) is 18.2 Å². The second-order valence-electron chi connectivity index (χ2n) is 6.48.